The molecule has 5 nitrogen and oxygen atoms in total. The number of nitrogens with one attached hydrogen (secondary N) is 1. The van der Waals surface area contributed by atoms with Crippen molar-refractivity contribution in [1.29, 1.82) is 0 Å². The smallest absolute Gasteiger partial charge is 0.248 e. The molecule has 1 N–H and O–H groups in total. The molecule has 2 amide bonds. The average Bonchev–Trinajstić information content (AvgIpc) is 2.91. The summed E-state index contributed by atoms with van der Waals surface area (Å²) in [5.41, 5.74) is -0.721. The Morgan fingerprint density at radius 1 is 1.35 bits per heavy atom. The molecule has 114 valence electrons. The van der Waals surface area contributed by atoms with Crippen LogP contribution in [0.25, 0.3) is 0 Å². The Morgan fingerprint density at radius 2 is 2.05 bits per heavy atom. The molecule has 5 heteroatoms. The zero-order valence-corrected chi connectivity index (χ0v) is 12.8. The monoisotopic (exact) mass is 282 g/mol. The van der Waals surface area contributed by atoms with Crippen LogP contribution in [0.15, 0.2) is 0 Å². The van der Waals surface area contributed by atoms with Gasteiger partial charge in [-0.05, 0) is 26.2 Å². The Kier molecular flexibility index (Phi) is 4.68. The van der Waals surface area contributed by atoms with Crippen molar-refractivity contribution in [2.75, 3.05) is 19.8 Å². The van der Waals surface area contributed by atoms with Crippen molar-refractivity contribution in [3.63, 3.8) is 0 Å². The van der Waals surface area contributed by atoms with Crippen molar-refractivity contribution in [3.8, 4) is 0 Å². The molecular weight excluding hydrogens is 256 g/mol. The molecule has 2 atom stereocenters. The largest absolute Gasteiger partial charge is 0.381 e. The van der Waals surface area contributed by atoms with Gasteiger partial charge in [0.25, 0.3) is 0 Å². The van der Waals surface area contributed by atoms with E-state index in [1.807, 2.05) is 25.7 Å². The third kappa shape index (κ3) is 2.82. The summed E-state index contributed by atoms with van der Waals surface area (Å²) < 4.78 is 5.41. The Morgan fingerprint density at radius 3 is 2.60 bits per heavy atom. The fraction of sp³-hybridized carbons (Fsp3) is 0.867. The molecule has 2 aliphatic heterocycles. The van der Waals surface area contributed by atoms with Gasteiger partial charge in [-0.3, -0.25) is 9.59 Å². The third-order valence-electron chi connectivity index (χ3n) is 4.75. The van der Waals surface area contributed by atoms with Crippen molar-refractivity contribution < 1.29 is 14.3 Å². The predicted molar refractivity (Wildman–Crippen MR) is 76.2 cm³/mol. The van der Waals surface area contributed by atoms with Crippen LogP contribution in [0.5, 0.6) is 0 Å². The van der Waals surface area contributed by atoms with Crippen LogP contribution in [0, 0.1) is 5.92 Å². The van der Waals surface area contributed by atoms with Crippen LogP contribution < -0.4 is 5.32 Å². The highest BCUT2D eigenvalue weighted by Crippen LogP contribution is 2.26. The lowest BCUT2D eigenvalue weighted by atomic mass is 9.90. The predicted octanol–water partition coefficient (Wildman–Crippen LogP) is 1.32. The molecule has 0 saturated carbocycles. The number of nitrogens with zero attached hydrogens (tertiary/aromatic N) is 1. The highest BCUT2D eigenvalue weighted by molar-refractivity contribution is 5.94. The molecule has 2 saturated heterocycles. The van der Waals surface area contributed by atoms with E-state index >= 15 is 0 Å². The van der Waals surface area contributed by atoms with Crippen LogP contribution in [-0.2, 0) is 14.3 Å². The van der Waals surface area contributed by atoms with E-state index in [1.54, 1.807) is 0 Å². The highest BCUT2D eigenvalue weighted by Gasteiger charge is 2.44. The van der Waals surface area contributed by atoms with Crippen molar-refractivity contribution in [3.05, 3.63) is 0 Å². The molecule has 2 aliphatic rings. The SMILES string of the molecule is CCC1(CC)NC(=O)CC(C)N(CC2CCOC2)C1=O. The van der Waals surface area contributed by atoms with Gasteiger partial charge < -0.3 is 15.0 Å². The number of hydrogen-bond acceptors (Lipinski definition) is 3. The van der Waals surface area contributed by atoms with Crippen molar-refractivity contribution >= 4 is 11.8 Å². The summed E-state index contributed by atoms with van der Waals surface area (Å²) in [5.74, 6) is 0.466. The Bertz CT molecular complexity index is 373. The van der Waals surface area contributed by atoms with Gasteiger partial charge in [-0.15, -0.1) is 0 Å². The molecule has 0 radical (unpaired) electrons. The summed E-state index contributed by atoms with van der Waals surface area (Å²) in [6.07, 6.45) is 2.67. The number of ether oxygens (including phenoxy) is 1. The quantitative estimate of drug-likeness (QED) is 0.846. The van der Waals surface area contributed by atoms with Crippen molar-refractivity contribution in [1.82, 2.24) is 10.2 Å². The maximum Gasteiger partial charge on any atom is 0.248 e. The molecule has 0 spiro atoms. The van der Waals surface area contributed by atoms with E-state index in [4.69, 9.17) is 4.74 Å². The highest BCUT2D eigenvalue weighted by atomic mass is 16.5. The Labute approximate surface area is 121 Å². The second-order valence-corrected chi connectivity index (χ2v) is 6.08. The fourth-order valence-electron chi connectivity index (χ4n) is 3.22. The van der Waals surface area contributed by atoms with E-state index in [0.717, 1.165) is 19.6 Å². The first-order valence-electron chi connectivity index (χ1n) is 7.72. The summed E-state index contributed by atoms with van der Waals surface area (Å²) in [7, 11) is 0. The number of carbonyl (C=O) groups is 2. The van der Waals surface area contributed by atoms with E-state index in [-0.39, 0.29) is 17.9 Å². The first-order valence-corrected chi connectivity index (χ1v) is 7.72. The van der Waals surface area contributed by atoms with Gasteiger partial charge in [0.1, 0.15) is 5.54 Å². The fourth-order valence-corrected chi connectivity index (χ4v) is 3.22. The lowest BCUT2D eigenvalue weighted by molar-refractivity contribution is -0.141. The summed E-state index contributed by atoms with van der Waals surface area (Å²) in [5, 5.41) is 2.97. The molecule has 0 aromatic carbocycles. The Hall–Kier alpha value is -1.10. The molecule has 2 rings (SSSR count). The van der Waals surface area contributed by atoms with Crippen LogP contribution in [0.3, 0.4) is 0 Å². The second kappa shape index (κ2) is 6.12. The minimum Gasteiger partial charge on any atom is -0.381 e. The summed E-state index contributed by atoms with van der Waals surface area (Å²) in [4.78, 5) is 26.9. The van der Waals surface area contributed by atoms with Gasteiger partial charge in [0.05, 0.1) is 6.61 Å². The number of rotatable bonds is 4. The van der Waals surface area contributed by atoms with Gasteiger partial charge in [0, 0.05) is 31.5 Å². The number of amides is 2. The van der Waals surface area contributed by atoms with Gasteiger partial charge in [-0.1, -0.05) is 13.8 Å². The molecule has 2 fully saturated rings. The average molecular weight is 282 g/mol. The normalized spacial score (nSPS) is 30.2. The summed E-state index contributed by atoms with van der Waals surface area (Å²) in [6.45, 7) is 8.11. The molecule has 20 heavy (non-hydrogen) atoms. The lowest BCUT2D eigenvalue weighted by Gasteiger charge is -2.36. The maximum atomic E-state index is 12.9. The van der Waals surface area contributed by atoms with Crippen LogP contribution in [0.1, 0.15) is 46.5 Å². The van der Waals surface area contributed by atoms with Crippen molar-refractivity contribution in [2.24, 2.45) is 5.92 Å². The number of carbonyl (C=O) groups excluding carboxylic acids is 2. The van der Waals surface area contributed by atoms with Crippen molar-refractivity contribution in [2.45, 2.75) is 58.0 Å². The lowest BCUT2D eigenvalue weighted by Crippen LogP contribution is -2.57. The molecule has 2 heterocycles. The summed E-state index contributed by atoms with van der Waals surface area (Å²) >= 11 is 0. The van der Waals surface area contributed by atoms with E-state index < -0.39 is 5.54 Å². The van der Waals surface area contributed by atoms with Gasteiger partial charge in [-0.25, -0.2) is 0 Å². The Balaban J connectivity index is 2.22. The standard InChI is InChI=1S/C15H26N2O3/c1-4-15(5-2)14(19)17(9-12-6-7-20-10-12)11(3)8-13(18)16-15/h11-12H,4-10H2,1-3H3,(H,16,18). The zero-order chi connectivity index (χ0) is 14.8. The first-order chi connectivity index (χ1) is 9.52. The molecule has 0 aliphatic carbocycles. The molecule has 2 unspecified atom stereocenters. The van der Waals surface area contributed by atoms with Crippen LogP contribution >= 0.6 is 0 Å². The second-order valence-electron chi connectivity index (χ2n) is 6.08. The topological polar surface area (TPSA) is 58.6 Å². The van der Waals surface area contributed by atoms with Gasteiger partial charge >= 0.3 is 0 Å². The molecular formula is C15H26N2O3. The molecule has 0 bridgehead atoms. The van der Waals surface area contributed by atoms with Crippen LogP contribution in [-0.4, -0.2) is 48.1 Å². The molecule has 0 aromatic heterocycles. The minimum atomic E-state index is -0.721. The molecule has 0 aromatic rings. The van der Waals surface area contributed by atoms with E-state index in [1.165, 1.54) is 0 Å². The van der Waals surface area contributed by atoms with E-state index in [0.29, 0.717) is 31.7 Å². The van der Waals surface area contributed by atoms with E-state index in [2.05, 4.69) is 5.32 Å². The summed E-state index contributed by atoms with van der Waals surface area (Å²) in [6, 6.07) is -0.0388. The van der Waals surface area contributed by atoms with Gasteiger partial charge in [-0.2, -0.15) is 0 Å². The zero-order valence-electron chi connectivity index (χ0n) is 12.8. The van der Waals surface area contributed by atoms with E-state index in [9.17, 15) is 9.59 Å². The third-order valence-corrected chi connectivity index (χ3v) is 4.75. The minimum absolute atomic E-state index is 0.0141. The van der Waals surface area contributed by atoms with Gasteiger partial charge in [0.15, 0.2) is 0 Å². The van der Waals surface area contributed by atoms with Crippen LogP contribution in [0.2, 0.25) is 0 Å². The van der Waals surface area contributed by atoms with Gasteiger partial charge in [0.2, 0.25) is 11.8 Å². The number of hydrogen-bond donors (Lipinski definition) is 1. The maximum absolute atomic E-state index is 12.9. The van der Waals surface area contributed by atoms with Crippen LogP contribution in [0.4, 0.5) is 0 Å². The first kappa shape index (κ1) is 15.3.